The molecule has 1 saturated heterocycles. The standard InChI is InChI=1S/C18H25NO/c1-14(18(20)19-11-5-2-6-12-19)13-16-10-9-15-7-3-4-8-17(15)16/h3-4,7-8,14,16H,2,5-6,9-13H2,1H3. The van der Waals surface area contributed by atoms with Crippen LogP contribution in [0.5, 0.6) is 0 Å². The smallest absolute Gasteiger partial charge is 0.225 e. The Labute approximate surface area is 122 Å². The number of hydrogen-bond acceptors (Lipinski definition) is 1. The van der Waals surface area contributed by atoms with Gasteiger partial charge in [-0.1, -0.05) is 31.2 Å². The van der Waals surface area contributed by atoms with Crippen LogP contribution >= 0.6 is 0 Å². The summed E-state index contributed by atoms with van der Waals surface area (Å²) in [5.41, 5.74) is 2.99. The van der Waals surface area contributed by atoms with Crippen molar-refractivity contribution in [3.05, 3.63) is 35.4 Å². The Bertz CT molecular complexity index is 476. The van der Waals surface area contributed by atoms with E-state index in [0.717, 1.165) is 19.5 Å². The number of carbonyl (C=O) groups is 1. The van der Waals surface area contributed by atoms with Crippen molar-refractivity contribution in [3.8, 4) is 0 Å². The van der Waals surface area contributed by atoms with E-state index >= 15 is 0 Å². The highest BCUT2D eigenvalue weighted by Gasteiger charge is 2.28. The molecule has 0 bridgehead atoms. The van der Waals surface area contributed by atoms with Gasteiger partial charge in [0.2, 0.25) is 5.91 Å². The Hall–Kier alpha value is -1.31. The SMILES string of the molecule is CC(CC1CCc2ccccc21)C(=O)N1CCCCC1. The number of hydrogen-bond donors (Lipinski definition) is 0. The summed E-state index contributed by atoms with van der Waals surface area (Å²) in [5.74, 6) is 1.15. The zero-order chi connectivity index (χ0) is 13.9. The average molecular weight is 271 g/mol. The monoisotopic (exact) mass is 271 g/mol. The number of nitrogens with zero attached hydrogens (tertiary/aromatic N) is 1. The van der Waals surface area contributed by atoms with Gasteiger partial charge in [-0.2, -0.15) is 0 Å². The summed E-state index contributed by atoms with van der Waals surface area (Å²) in [7, 11) is 0. The maximum Gasteiger partial charge on any atom is 0.225 e. The number of aryl methyl sites for hydroxylation is 1. The van der Waals surface area contributed by atoms with Gasteiger partial charge < -0.3 is 4.90 Å². The van der Waals surface area contributed by atoms with E-state index in [1.54, 1.807) is 0 Å². The molecule has 0 spiro atoms. The van der Waals surface area contributed by atoms with Crippen molar-refractivity contribution in [3.63, 3.8) is 0 Å². The molecule has 1 heterocycles. The normalized spacial score (nSPS) is 23.4. The predicted octanol–water partition coefficient (Wildman–Crippen LogP) is 3.76. The third-order valence-corrected chi connectivity index (χ3v) is 4.98. The van der Waals surface area contributed by atoms with E-state index in [2.05, 4.69) is 36.1 Å². The molecule has 3 rings (SSSR count). The van der Waals surface area contributed by atoms with Crippen molar-refractivity contribution in [2.24, 2.45) is 5.92 Å². The van der Waals surface area contributed by atoms with Gasteiger partial charge in [0.15, 0.2) is 0 Å². The summed E-state index contributed by atoms with van der Waals surface area (Å²) in [4.78, 5) is 14.6. The summed E-state index contributed by atoms with van der Waals surface area (Å²) in [6.45, 7) is 4.08. The zero-order valence-corrected chi connectivity index (χ0v) is 12.5. The van der Waals surface area contributed by atoms with Crippen LogP contribution < -0.4 is 0 Å². The highest BCUT2D eigenvalue weighted by Crippen LogP contribution is 2.37. The number of amides is 1. The lowest BCUT2D eigenvalue weighted by atomic mass is 9.90. The minimum atomic E-state index is 0.171. The molecule has 0 aromatic heterocycles. The molecule has 20 heavy (non-hydrogen) atoms. The molecule has 0 N–H and O–H groups in total. The highest BCUT2D eigenvalue weighted by atomic mass is 16.2. The van der Waals surface area contributed by atoms with Gasteiger partial charge in [-0.25, -0.2) is 0 Å². The minimum Gasteiger partial charge on any atom is -0.342 e. The van der Waals surface area contributed by atoms with Gasteiger partial charge in [-0.05, 0) is 55.6 Å². The molecule has 1 aliphatic heterocycles. The van der Waals surface area contributed by atoms with Crippen LogP contribution in [-0.2, 0) is 11.2 Å². The van der Waals surface area contributed by atoms with Crippen LogP contribution in [0.1, 0.15) is 56.1 Å². The van der Waals surface area contributed by atoms with Crippen LogP contribution in [0.25, 0.3) is 0 Å². The highest BCUT2D eigenvalue weighted by molar-refractivity contribution is 5.78. The van der Waals surface area contributed by atoms with E-state index in [1.165, 1.54) is 43.2 Å². The lowest BCUT2D eigenvalue weighted by molar-refractivity contribution is -0.136. The molecule has 1 aliphatic carbocycles. The molecule has 0 saturated carbocycles. The first-order valence-corrected chi connectivity index (χ1v) is 8.12. The maximum atomic E-state index is 12.5. The van der Waals surface area contributed by atoms with Crippen molar-refractivity contribution in [1.82, 2.24) is 4.90 Å². The summed E-state index contributed by atoms with van der Waals surface area (Å²) >= 11 is 0. The van der Waals surface area contributed by atoms with Crippen LogP contribution in [0.4, 0.5) is 0 Å². The Morgan fingerprint density at radius 3 is 2.80 bits per heavy atom. The first-order chi connectivity index (χ1) is 9.75. The van der Waals surface area contributed by atoms with Gasteiger partial charge in [0.25, 0.3) is 0 Å². The molecule has 2 aliphatic rings. The minimum absolute atomic E-state index is 0.171. The first-order valence-electron chi connectivity index (χ1n) is 8.12. The Morgan fingerprint density at radius 2 is 2.00 bits per heavy atom. The van der Waals surface area contributed by atoms with E-state index in [0.29, 0.717) is 11.8 Å². The molecule has 1 aromatic carbocycles. The summed E-state index contributed by atoms with van der Waals surface area (Å²) in [5, 5.41) is 0. The molecule has 2 nitrogen and oxygen atoms in total. The first kappa shape index (κ1) is 13.7. The van der Waals surface area contributed by atoms with Crippen molar-refractivity contribution < 1.29 is 4.79 Å². The van der Waals surface area contributed by atoms with Gasteiger partial charge in [-0.15, -0.1) is 0 Å². The predicted molar refractivity (Wildman–Crippen MR) is 81.7 cm³/mol. The molecule has 1 aromatic rings. The van der Waals surface area contributed by atoms with Crippen LogP contribution in [0, 0.1) is 5.92 Å². The fourth-order valence-electron chi connectivity index (χ4n) is 3.84. The number of benzene rings is 1. The number of likely N-dealkylation sites (tertiary alicyclic amines) is 1. The Balaban J connectivity index is 1.62. The lowest BCUT2D eigenvalue weighted by Gasteiger charge is -2.30. The molecule has 108 valence electrons. The fourth-order valence-corrected chi connectivity index (χ4v) is 3.84. The second kappa shape index (κ2) is 5.99. The van der Waals surface area contributed by atoms with E-state index in [9.17, 15) is 4.79 Å². The molecule has 2 unspecified atom stereocenters. The van der Waals surface area contributed by atoms with Gasteiger partial charge in [0.05, 0.1) is 0 Å². The Morgan fingerprint density at radius 1 is 1.25 bits per heavy atom. The Kier molecular flexibility index (Phi) is 4.09. The van der Waals surface area contributed by atoms with Gasteiger partial charge >= 0.3 is 0 Å². The van der Waals surface area contributed by atoms with Crippen LogP contribution in [0.15, 0.2) is 24.3 Å². The van der Waals surface area contributed by atoms with Crippen molar-refractivity contribution >= 4 is 5.91 Å². The summed E-state index contributed by atoms with van der Waals surface area (Å²) < 4.78 is 0. The van der Waals surface area contributed by atoms with Gasteiger partial charge in [-0.3, -0.25) is 4.79 Å². The molecular weight excluding hydrogens is 246 g/mol. The maximum absolute atomic E-state index is 12.5. The number of carbonyl (C=O) groups excluding carboxylic acids is 1. The zero-order valence-electron chi connectivity index (χ0n) is 12.5. The lowest BCUT2D eigenvalue weighted by Crippen LogP contribution is -2.39. The largest absolute Gasteiger partial charge is 0.342 e. The topological polar surface area (TPSA) is 20.3 Å². The molecule has 1 fully saturated rings. The third-order valence-electron chi connectivity index (χ3n) is 4.98. The average Bonchev–Trinajstić information content (AvgIpc) is 2.91. The van der Waals surface area contributed by atoms with Crippen LogP contribution in [0.3, 0.4) is 0 Å². The quantitative estimate of drug-likeness (QED) is 0.820. The van der Waals surface area contributed by atoms with Crippen molar-refractivity contribution in [2.45, 2.75) is 51.4 Å². The van der Waals surface area contributed by atoms with Gasteiger partial charge in [0.1, 0.15) is 0 Å². The van der Waals surface area contributed by atoms with Crippen molar-refractivity contribution in [2.75, 3.05) is 13.1 Å². The van der Waals surface area contributed by atoms with Gasteiger partial charge in [0, 0.05) is 19.0 Å². The molecular formula is C18H25NO. The van der Waals surface area contributed by atoms with Crippen molar-refractivity contribution in [1.29, 1.82) is 0 Å². The molecule has 2 heteroatoms. The number of fused-ring (bicyclic) bond motifs is 1. The second-order valence-corrected chi connectivity index (χ2v) is 6.46. The second-order valence-electron chi connectivity index (χ2n) is 6.46. The molecule has 0 radical (unpaired) electrons. The third kappa shape index (κ3) is 2.74. The number of rotatable bonds is 3. The van der Waals surface area contributed by atoms with E-state index in [-0.39, 0.29) is 5.92 Å². The van der Waals surface area contributed by atoms with Crippen LogP contribution in [-0.4, -0.2) is 23.9 Å². The molecule has 1 amide bonds. The van der Waals surface area contributed by atoms with Crippen LogP contribution in [0.2, 0.25) is 0 Å². The van der Waals surface area contributed by atoms with E-state index in [4.69, 9.17) is 0 Å². The summed E-state index contributed by atoms with van der Waals surface area (Å²) in [6, 6.07) is 8.76. The molecule has 2 atom stereocenters. The fraction of sp³-hybridized carbons (Fsp3) is 0.611. The van der Waals surface area contributed by atoms with E-state index in [1.807, 2.05) is 0 Å². The number of piperidine rings is 1. The summed E-state index contributed by atoms with van der Waals surface area (Å²) in [6.07, 6.45) is 7.08. The van der Waals surface area contributed by atoms with E-state index < -0.39 is 0 Å².